The number of aryl methyl sites for hydroxylation is 1. The predicted molar refractivity (Wildman–Crippen MR) is 134 cm³/mol. The Morgan fingerprint density at radius 1 is 1.09 bits per heavy atom. The van der Waals surface area contributed by atoms with Crippen LogP contribution in [0.4, 0.5) is 15.0 Å². The number of Topliss-reactive ketones (excluding diaryl/α,β-unsaturated/α-hetero) is 1. The van der Waals surface area contributed by atoms with Crippen molar-refractivity contribution in [2.24, 2.45) is 18.9 Å². The number of anilines is 1. The lowest BCUT2D eigenvalue weighted by Crippen LogP contribution is -2.56. The molecule has 2 saturated heterocycles. The summed E-state index contributed by atoms with van der Waals surface area (Å²) in [4.78, 5) is 29.1. The second-order valence-electron chi connectivity index (χ2n) is 10.2. The quantitative estimate of drug-likeness (QED) is 0.602. The maximum Gasteiger partial charge on any atom is 0.320 e. The maximum atomic E-state index is 13.3. The molecule has 2 amide bonds. The molecule has 1 aromatic carbocycles. The molecule has 2 aliphatic rings. The van der Waals surface area contributed by atoms with Crippen LogP contribution in [0.25, 0.3) is 0 Å². The largest absolute Gasteiger partial charge is 0.335 e. The van der Waals surface area contributed by atoms with E-state index in [1.807, 2.05) is 19.2 Å². The molecular formula is C26H37FN6O2. The molecule has 1 aromatic heterocycles. The van der Waals surface area contributed by atoms with Gasteiger partial charge in [-0.25, -0.2) is 9.18 Å². The Hall–Kier alpha value is -2.78. The molecule has 9 heteroatoms. The molecule has 2 fully saturated rings. The number of urea groups is 1. The maximum absolute atomic E-state index is 13.3. The van der Waals surface area contributed by atoms with Crippen molar-refractivity contribution in [3.63, 3.8) is 0 Å². The van der Waals surface area contributed by atoms with E-state index in [4.69, 9.17) is 0 Å². The Balaban J connectivity index is 1.36. The molecule has 190 valence electrons. The van der Waals surface area contributed by atoms with Gasteiger partial charge in [-0.3, -0.25) is 19.7 Å². The van der Waals surface area contributed by atoms with Crippen molar-refractivity contribution < 1.29 is 14.0 Å². The molecule has 0 saturated carbocycles. The van der Waals surface area contributed by atoms with Crippen molar-refractivity contribution in [3.8, 4) is 0 Å². The average Bonchev–Trinajstić information content (AvgIpc) is 3.21. The van der Waals surface area contributed by atoms with Crippen LogP contribution in [0.5, 0.6) is 0 Å². The van der Waals surface area contributed by atoms with Crippen LogP contribution in [0.15, 0.2) is 36.5 Å². The normalized spacial score (nSPS) is 23.7. The molecule has 0 spiro atoms. The minimum atomic E-state index is -0.244. The smallest absolute Gasteiger partial charge is 0.320 e. The molecule has 0 bridgehead atoms. The Morgan fingerprint density at radius 2 is 1.89 bits per heavy atom. The first-order chi connectivity index (χ1) is 16.8. The summed E-state index contributed by atoms with van der Waals surface area (Å²) in [5.74, 6) is 1.25. The lowest BCUT2D eigenvalue weighted by atomic mass is 9.88. The minimum Gasteiger partial charge on any atom is -0.335 e. The standard InChI is InChI=1S/C26H37FN6O2/c1-19(34)15-33-13-9-24(28-26(35)29-25-10-12-31(2)30-25)22(18-33)17-32-11-3-4-21(16-32)14-20-5-7-23(27)8-6-20/h5-8,10,12,21-22,24H,3-4,9,11,13-18H2,1-2H3,(H2,28,29,30,35)/t21?,22-,24-/m1/s1. The van der Waals surface area contributed by atoms with Crippen molar-refractivity contribution in [3.05, 3.63) is 47.9 Å². The number of nitrogens with zero attached hydrogens (tertiary/aromatic N) is 4. The highest BCUT2D eigenvalue weighted by atomic mass is 19.1. The molecule has 4 rings (SSSR count). The van der Waals surface area contributed by atoms with Gasteiger partial charge in [-0.1, -0.05) is 12.1 Å². The van der Waals surface area contributed by atoms with E-state index >= 15 is 0 Å². The number of hydrogen-bond acceptors (Lipinski definition) is 5. The van der Waals surface area contributed by atoms with Crippen molar-refractivity contribution in [2.45, 2.75) is 38.6 Å². The molecule has 2 aromatic rings. The molecule has 0 radical (unpaired) electrons. The number of amides is 2. The number of rotatable bonds is 8. The van der Waals surface area contributed by atoms with Gasteiger partial charge in [-0.15, -0.1) is 0 Å². The van der Waals surface area contributed by atoms with Crippen LogP contribution >= 0.6 is 0 Å². The van der Waals surface area contributed by atoms with Gasteiger partial charge < -0.3 is 10.2 Å². The third-order valence-electron chi connectivity index (χ3n) is 7.07. The van der Waals surface area contributed by atoms with Crippen molar-refractivity contribution in [1.82, 2.24) is 24.9 Å². The number of likely N-dealkylation sites (tertiary alicyclic amines) is 2. The third kappa shape index (κ3) is 7.60. The summed E-state index contributed by atoms with van der Waals surface area (Å²) in [5.41, 5.74) is 1.18. The molecule has 2 aliphatic heterocycles. The summed E-state index contributed by atoms with van der Waals surface area (Å²) in [7, 11) is 1.81. The zero-order chi connectivity index (χ0) is 24.8. The third-order valence-corrected chi connectivity index (χ3v) is 7.07. The molecular weight excluding hydrogens is 447 g/mol. The van der Waals surface area contributed by atoms with Crippen LogP contribution < -0.4 is 10.6 Å². The van der Waals surface area contributed by atoms with Gasteiger partial charge in [0.25, 0.3) is 0 Å². The summed E-state index contributed by atoms with van der Waals surface area (Å²) in [6.07, 6.45) is 5.85. The number of nitrogens with one attached hydrogen (secondary N) is 2. The fraction of sp³-hybridized carbons (Fsp3) is 0.577. The number of ketones is 1. The summed E-state index contributed by atoms with van der Waals surface area (Å²) in [5, 5.41) is 10.2. The number of halogens is 1. The first-order valence-corrected chi connectivity index (χ1v) is 12.6. The molecule has 3 atom stereocenters. The Labute approximate surface area is 206 Å². The van der Waals surface area contributed by atoms with E-state index in [1.54, 1.807) is 23.9 Å². The van der Waals surface area contributed by atoms with Gasteiger partial charge in [0, 0.05) is 57.4 Å². The SMILES string of the molecule is CC(=O)CN1CC[C@@H](NC(=O)Nc2ccn(C)n2)[C@H](CN2CCCC(Cc3ccc(F)cc3)C2)C1. The summed E-state index contributed by atoms with van der Waals surface area (Å²) in [6, 6.07) is 8.39. The number of hydrogen-bond donors (Lipinski definition) is 2. The van der Waals surface area contributed by atoms with Crippen molar-refractivity contribution in [2.75, 3.05) is 44.6 Å². The van der Waals surface area contributed by atoms with E-state index in [0.29, 0.717) is 18.3 Å². The lowest BCUT2D eigenvalue weighted by Gasteiger charge is -2.42. The van der Waals surface area contributed by atoms with Gasteiger partial charge in [0.2, 0.25) is 0 Å². The van der Waals surface area contributed by atoms with E-state index in [2.05, 4.69) is 25.5 Å². The highest BCUT2D eigenvalue weighted by Crippen LogP contribution is 2.25. The van der Waals surface area contributed by atoms with Crippen molar-refractivity contribution in [1.29, 1.82) is 0 Å². The van der Waals surface area contributed by atoms with Gasteiger partial charge in [-0.05, 0) is 62.8 Å². The molecule has 8 nitrogen and oxygen atoms in total. The summed E-state index contributed by atoms with van der Waals surface area (Å²) < 4.78 is 14.9. The van der Waals surface area contributed by atoms with Gasteiger partial charge in [-0.2, -0.15) is 5.10 Å². The van der Waals surface area contributed by atoms with Crippen LogP contribution in [0, 0.1) is 17.7 Å². The van der Waals surface area contributed by atoms with E-state index in [1.165, 1.54) is 24.1 Å². The number of carbonyl (C=O) groups is 2. The Bertz CT molecular complexity index is 994. The second-order valence-corrected chi connectivity index (χ2v) is 10.2. The fourth-order valence-electron chi connectivity index (χ4n) is 5.51. The van der Waals surface area contributed by atoms with Gasteiger partial charge in [0.1, 0.15) is 11.6 Å². The van der Waals surface area contributed by atoms with Gasteiger partial charge in [0.15, 0.2) is 5.82 Å². The fourth-order valence-corrected chi connectivity index (χ4v) is 5.51. The van der Waals surface area contributed by atoms with Crippen LogP contribution in [0.1, 0.15) is 31.7 Å². The van der Waals surface area contributed by atoms with E-state index in [9.17, 15) is 14.0 Å². The van der Waals surface area contributed by atoms with Crippen LogP contribution in [0.2, 0.25) is 0 Å². The first-order valence-electron chi connectivity index (χ1n) is 12.6. The van der Waals surface area contributed by atoms with Gasteiger partial charge >= 0.3 is 6.03 Å². The average molecular weight is 485 g/mol. The molecule has 3 heterocycles. The number of piperidine rings is 2. The zero-order valence-corrected chi connectivity index (χ0v) is 20.8. The van der Waals surface area contributed by atoms with E-state index in [0.717, 1.165) is 52.0 Å². The minimum absolute atomic E-state index is 0.0272. The summed E-state index contributed by atoms with van der Waals surface area (Å²) >= 11 is 0. The second kappa shape index (κ2) is 11.8. The Morgan fingerprint density at radius 3 is 2.60 bits per heavy atom. The summed E-state index contributed by atoms with van der Waals surface area (Å²) in [6.45, 7) is 6.57. The van der Waals surface area contributed by atoms with Gasteiger partial charge in [0.05, 0.1) is 6.54 Å². The topological polar surface area (TPSA) is 82.5 Å². The highest BCUT2D eigenvalue weighted by molar-refractivity contribution is 5.88. The zero-order valence-electron chi connectivity index (χ0n) is 20.8. The van der Waals surface area contributed by atoms with E-state index < -0.39 is 0 Å². The van der Waals surface area contributed by atoms with Crippen molar-refractivity contribution >= 4 is 17.6 Å². The van der Waals surface area contributed by atoms with E-state index in [-0.39, 0.29) is 29.6 Å². The van der Waals surface area contributed by atoms with Crippen LogP contribution in [-0.2, 0) is 18.3 Å². The molecule has 1 unspecified atom stereocenters. The highest BCUT2D eigenvalue weighted by Gasteiger charge is 2.33. The molecule has 0 aliphatic carbocycles. The predicted octanol–water partition coefficient (Wildman–Crippen LogP) is 2.91. The Kier molecular flexibility index (Phi) is 8.51. The monoisotopic (exact) mass is 484 g/mol. The molecule has 2 N–H and O–H groups in total. The lowest BCUT2D eigenvalue weighted by molar-refractivity contribution is -0.118. The van der Waals surface area contributed by atoms with Crippen LogP contribution in [0.3, 0.4) is 0 Å². The number of carbonyl (C=O) groups excluding carboxylic acids is 2. The first kappa shape index (κ1) is 25.3. The number of aromatic nitrogens is 2. The molecule has 35 heavy (non-hydrogen) atoms. The van der Waals surface area contributed by atoms with Crippen LogP contribution in [-0.4, -0.2) is 76.7 Å². The number of benzene rings is 1.